The van der Waals surface area contributed by atoms with Gasteiger partial charge in [-0.25, -0.2) is 0 Å². The normalized spacial score (nSPS) is 24.2. The summed E-state index contributed by atoms with van der Waals surface area (Å²) in [6.45, 7) is 10.6. The lowest BCUT2D eigenvalue weighted by Crippen LogP contribution is -2.58. The number of pyridine rings is 1. The molecule has 3 aromatic rings. The van der Waals surface area contributed by atoms with Gasteiger partial charge in [-0.2, -0.15) is 0 Å². The second-order valence-corrected chi connectivity index (χ2v) is 9.29. The Labute approximate surface area is 192 Å². The minimum atomic E-state index is -0.0257. The number of nitrogens with zero attached hydrogens (tertiary/aromatic N) is 2. The van der Waals surface area contributed by atoms with Crippen LogP contribution in [-0.4, -0.2) is 35.7 Å². The van der Waals surface area contributed by atoms with Gasteiger partial charge in [0.2, 0.25) is 0 Å². The fourth-order valence-electron chi connectivity index (χ4n) is 5.40. The number of quaternary nitrogens is 1. The zero-order chi connectivity index (χ0) is 22.4. The number of allylic oxidation sites excluding steroid dienone is 1. The SMILES string of the molecule is C=CCO[C@H](c1ccnc2ccccc12)C1CC(CC=C)CC[N+]1(C)Cc1ccccc1. The van der Waals surface area contributed by atoms with Gasteiger partial charge in [-0.1, -0.05) is 60.7 Å². The number of hydrogen-bond acceptors (Lipinski definition) is 2. The quantitative estimate of drug-likeness (QED) is 0.288. The van der Waals surface area contributed by atoms with E-state index in [1.165, 1.54) is 22.9 Å². The number of likely N-dealkylation sites (N-methyl/N-ethyl adjacent to an activating group) is 1. The van der Waals surface area contributed by atoms with E-state index >= 15 is 0 Å². The fourth-order valence-corrected chi connectivity index (χ4v) is 5.40. The van der Waals surface area contributed by atoms with Crippen LogP contribution < -0.4 is 0 Å². The Morgan fingerprint density at radius 1 is 1.06 bits per heavy atom. The highest BCUT2D eigenvalue weighted by Crippen LogP contribution is 2.41. The Morgan fingerprint density at radius 2 is 1.84 bits per heavy atom. The number of aromatic nitrogens is 1. The minimum Gasteiger partial charge on any atom is -0.363 e. The van der Waals surface area contributed by atoms with Crippen molar-refractivity contribution in [2.24, 2.45) is 5.92 Å². The van der Waals surface area contributed by atoms with E-state index in [0.717, 1.165) is 35.9 Å². The average molecular weight is 428 g/mol. The molecule has 1 aliphatic rings. The standard InChI is InChI=1S/C29H35N2O/c1-4-11-23-17-19-31(3,22-24-12-7-6-8-13-24)28(21-23)29(32-20-5-2)26-16-18-30-27-15-10-9-14-25(26)27/h4-10,12-16,18,23,28-29H,1-2,11,17,19-22H2,3H3/q+1/t23?,28?,29-,31?/m1/s1. The van der Waals surface area contributed by atoms with Gasteiger partial charge in [0.05, 0.1) is 25.7 Å². The molecule has 0 aliphatic carbocycles. The topological polar surface area (TPSA) is 22.1 Å². The van der Waals surface area contributed by atoms with Crippen molar-refractivity contribution in [2.75, 3.05) is 20.2 Å². The van der Waals surface area contributed by atoms with E-state index in [2.05, 4.69) is 91.9 Å². The number of likely N-dealkylation sites (tertiary alicyclic amines) is 1. The van der Waals surface area contributed by atoms with E-state index in [1.54, 1.807) is 0 Å². The molecule has 0 bridgehead atoms. The number of para-hydroxylation sites is 1. The maximum absolute atomic E-state index is 6.60. The van der Waals surface area contributed by atoms with Crippen LogP contribution in [0.1, 0.15) is 36.5 Å². The number of ether oxygens (including phenoxy) is 1. The highest BCUT2D eigenvalue weighted by Gasteiger charge is 2.45. The molecule has 3 unspecified atom stereocenters. The van der Waals surface area contributed by atoms with Crippen LogP contribution in [0.4, 0.5) is 0 Å². The van der Waals surface area contributed by atoms with Gasteiger partial charge in [-0.15, -0.1) is 13.2 Å². The Morgan fingerprint density at radius 3 is 2.62 bits per heavy atom. The Hall–Kier alpha value is -2.75. The summed E-state index contributed by atoms with van der Waals surface area (Å²) in [5.41, 5.74) is 3.64. The van der Waals surface area contributed by atoms with Crippen LogP contribution in [0, 0.1) is 5.92 Å². The van der Waals surface area contributed by atoms with Crippen molar-refractivity contribution in [3.05, 3.63) is 103 Å². The fraction of sp³-hybridized carbons (Fsp3) is 0.345. The lowest BCUT2D eigenvalue weighted by Gasteiger charge is -2.50. The Balaban J connectivity index is 1.78. The van der Waals surface area contributed by atoms with Gasteiger partial charge >= 0.3 is 0 Å². The largest absolute Gasteiger partial charge is 0.363 e. The summed E-state index contributed by atoms with van der Waals surface area (Å²) in [5, 5.41) is 1.18. The molecule has 0 saturated carbocycles. The van der Waals surface area contributed by atoms with E-state index in [9.17, 15) is 0 Å². The van der Waals surface area contributed by atoms with Crippen molar-refractivity contribution in [2.45, 2.75) is 38.0 Å². The van der Waals surface area contributed by atoms with Gasteiger partial charge in [0, 0.05) is 23.6 Å². The summed E-state index contributed by atoms with van der Waals surface area (Å²) in [6.07, 6.45) is 9.24. The third kappa shape index (κ3) is 4.85. The van der Waals surface area contributed by atoms with E-state index in [1.807, 2.05) is 12.3 Å². The molecule has 0 spiro atoms. The molecule has 2 aromatic carbocycles. The van der Waals surface area contributed by atoms with E-state index in [0.29, 0.717) is 18.6 Å². The lowest BCUT2D eigenvalue weighted by molar-refractivity contribution is -0.956. The first-order valence-corrected chi connectivity index (χ1v) is 11.7. The van der Waals surface area contributed by atoms with Crippen LogP contribution >= 0.6 is 0 Å². The lowest BCUT2D eigenvalue weighted by atomic mass is 9.81. The molecule has 1 aliphatic heterocycles. The van der Waals surface area contributed by atoms with Gasteiger partial charge in [0.25, 0.3) is 0 Å². The summed E-state index contributed by atoms with van der Waals surface area (Å²) in [6, 6.07) is 21.8. The second-order valence-electron chi connectivity index (χ2n) is 9.29. The number of piperidine rings is 1. The number of benzene rings is 2. The van der Waals surface area contributed by atoms with Gasteiger partial charge in [0.1, 0.15) is 18.7 Å². The third-order valence-electron chi connectivity index (χ3n) is 7.04. The second kappa shape index (κ2) is 10.2. The number of fused-ring (bicyclic) bond motifs is 1. The number of hydrogen-bond donors (Lipinski definition) is 0. The summed E-state index contributed by atoms with van der Waals surface area (Å²) in [5.74, 6) is 0.641. The molecule has 1 fully saturated rings. The molecular weight excluding hydrogens is 392 g/mol. The highest BCUT2D eigenvalue weighted by molar-refractivity contribution is 5.82. The van der Waals surface area contributed by atoms with E-state index in [4.69, 9.17) is 4.74 Å². The molecule has 1 saturated heterocycles. The molecule has 4 atom stereocenters. The predicted molar refractivity (Wildman–Crippen MR) is 133 cm³/mol. The first-order valence-electron chi connectivity index (χ1n) is 11.7. The smallest absolute Gasteiger partial charge is 0.135 e. The molecule has 3 heteroatoms. The summed E-state index contributed by atoms with van der Waals surface area (Å²) in [4.78, 5) is 4.60. The van der Waals surface area contributed by atoms with Crippen LogP contribution in [0.3, 0.4) is 0 Å². The first kappa shape index (κ1) is 22.4. The molecule has 3 nitrogen and oxygen atoms in total. The van der Waals surface area contributed by atoms with Crippen LogP contribution in [0.5, 0.6) is 0 Å². The van der Waals surface area contributed by atoms with Gasteiger partial charge in [-0.3, -0.25) is 4.98 Å². The zero-order valence-electron chi connectivity index (χ0n) is 19.2. The van der Waals surface area contributed by atoms with Crippen molar-refractivity contribution < 1.29 is 9.22 Å². The molecule has 0 amide bonds. The van der Waals surface area contributed by atoms with Gasteiger partial charge < -0.3 is 9.22 Å². The molecular formula is C29H35N2O+. The predicted octanol–water partition coefficient (Wildman–Crippen LogP) is 6.48. The Kier molecular flexibility index (Phi) is 7.19. The Bertz CT molecular complexity index is 1040. The molecule has 0 N–H and O–H groups in total. The third-order valence-corrected chi connectivity index (χ3v) is 7.04. The maximum atomic E-state index is 6.60. The van der Waals surface area contributed by atoms with Crippen molar-refractivity contribution in [1.82, 2.24) is 4.98 Å². The van der Waals surface area contributed by atoms with Crippen molar-refractivity contribution in [3.8, 4) is 0 Å². The van der Waals surface area contributed by atoms with Crippen LogP contribution in [0.25, 0.3) is 10.9 Å². The van der Waals surface area contributed by atoms with Gasteiger partial charge in [-0.05, 0) is 36.5 Å². The molecule has 32 heavy (non-hydrogen) atoms. The van der Waals surface area contributed by atoms with Crippen molar-refractivity contribution in [3.63, 3.8) is 0 Å². The highest BCUT2D eigenvalue weighted by atomic mass is 16.5. The monoisotopic (exact) mass is 427 g/mol. The van der Waals surface area contributed by atoms with Gasteiger partial charge in [0.15, 0.2) is 0 Å². The van der Waals surface area contributed by atoms with Crippen LogP contribution in [0.15, 0.2) is 92.2 Å². The minimum absolute atomic E-state index is 0.0257. The molecule has 0 radical (unpaired) electrons. The van der Waals surface area contributed by atoms with Crippen molar-refractivity contribution >= 4 is 10.9 Å². The maximum Gasteiger partial charge on any atom is 0.135 e. The van der Waals surface area contributed by atoms with Crippen molar-refractivity contribution in [1.29, 1.82) is 0 Å². The summed E-state index contributed by atoms with van der Waals surface area (Å²) < 4.78 is 7.57. The van der Waals surface area contributed by atoms with Crippen LogP contribution in [-0.2, 0) is 11.3 Å². The van der Waals surface area contributed by atoms with E-state index in [-0.39, 0.29) is 6.10 Å². The van der Waals surface area contributed by atoms with Crippen LogP contribution in [0.2, 0.25) is 0 Å². The first-order chi connectivity index (χ1) is 15.6. The zero-order valence-corrected chi connectivity index (χ0v) is 19.2. The van der Waals surface area contributed by atoms with E-state index < -0.39 is 0 Å². The summed E-state index contributed by atoms with van der Waals surface area (Å²) >= 11 is 0. The number of rotatable bonds is 9. The molecule has 2 heterocycles. The molecule has 4 rings (SSSR count). The molecule has 1 aromatic heterocycles. The average Bonchev–Trinajstić information content (AvgIpc) is 2.82. The molecule has 166 valence electrons. The summed E-state index contributed by atoms with van der Waals surface area (Å²) in [7, 11) is 2.41.